The van der Waals surface area contributed by atoms with E-state index >= 15 is 0 Å². The van der Waals surface area contributed by atoms with Crippen molar-refractivity contribution in [3.05, 3.63) is 65.7 Å². The van der Waals surface area contributed by atoms with Gasteiger partial charge >= 0.3 is 6.18 Å². The summed E-state index contributed by atoms with van der Waals surface area (Å²) >= 11 is 0. The lowest BCUT2D eigenvalue weighted by atomic mass is 10.0. The summed E-state index contributed by atoms with van der Waals surface area (Å²) in [7, 11) is 0. The van der Waals surface area contributed by atoms with Crippen LogP contribution in [-0.2, 0) is 6.18 Å². The SMILES string of the molecule is N[C@H](CO)C[C@H](Oc1ccc(C(F)(F)F)cc1)c1ccccc1. The van der Waals surface area contributed by atoms with Gasteiger partial charge in [-0.15, -0.1) is 0 Å². The van der Waals surface area contributed by atoms with Crippen LogP contribution in [0, 0.1) is 0 Å². The average molecular weight is 325 g/mol. The Bertz CT molecular complexity index is 599. The van der Waals surface area contributed by atoms with Crippen LogP contribution in [0.25, 0.3) is 0 Å². The molecule has 2 aromatic carbocycles. The molecule has 0 radical (unpaired) electrons. The summed E-state index contributed by atoms with van der Waals surface area (Å²) in [4.78, 5) is 0. The molecule has 0 aliphatic carbocycles. The van der Waals surface area contributed by atoms with E-state index in [0.29, 0.717) is 12.2 Å². The quantitative estimate of drug-likeness (QED) is 0.854. The first kappa shape index (κ1) is 17.3. The predicted molar refractivity (Wildman–Crippen MR) is 80.9 cm³/mol. The third-order valence-electron chi connectivity index (χ3n) is 3.38. The van der Waals surface area contributed by atoms with E-state index in [4.69, 9.17) is 15.6 Å². The molecule has 0 saturated carbocycles. The van der Waals surface area contributed by atoms with Gasteiger partial charge in [0, 0.05) is 12.5 Å². The number of aliphatic hydroxyl groups excluding tert-OH is 1. The highest BCUT2D eigenvalue weighted by atomic mass is 19.4. The number of hydrogen-bond acceptors (Lipinski definition) is 3. The standard InChI is InChI=1S/C17H18F3NO2/c18-17(19,20)13-6-8-15(9-7-13)23-16(10-14(21)11-22)12-4-2-1-3-5-12/h1-9,14,16,22H,10-11,21H2/t14-,16-/m0/s1. The van der Waals surface area contributed by atoms with E-state index in [0.717, 1.165) is 17.7 Å². The highest BCUT2D eigenvalue weighted by Crippen LogP contribution is 2.32. The van der Waals surface area contributed by atoms with Gasteiger partial charge in [0.05, 0.1) is 12.2 Å². The largest absolute Gasteiger partial charge is 0.486 e. The van der Waals surface area contributed by atoms with Crippen LogP contribution in [0.1, 0.15) is 23.7 Å². The molecule has 6 heteroatoms. The highest BCUT2D eigenvalue weighted by molar-refractivity contribution is 5.30. The topological polar surface area (TPSA) is 55.5 Å². The fourth-order valence-electron chi connectivity index (χ4n) is 2.16. The van der Waals surface area contributed by atoms with Crippen LogP contribution in [0.2, 0.25) is 0 Å². The zero-order chi connectivity index (χ0) is 16.9. The van der Waals surface area contributed by atoms with Crippen LogP contribution in [0.4, 0.5) is 13.2 Å². The van der Waals surface area contributed by atoms with Crippen molar-refractivity contribution in [1.82, 2.24) is 0 Å². The molecule has 0 spiro atoms. The van der Waals surface area contributed by atoms with Crippen LogP contribution in [-0.4, -0.2) is 17.8 Å². The van der Waals surface area contributed by atoms with Gasteiger partial charge in [0.25, 0.3) is 0 Å². The molecule has 0 unspecified atom stereocenters. The Morgan fingerprint density at radius 3 is 2.13 bits per heavy atom. The normalized spacial score (nSPS) is 14.3. The monoisotopic (exact) mass is 325 g/mol. The molecule has 23 heavy (non-hydrogen) atoms. The van der Waals surface area contributed by atoms with Crippen LogP contribution < -0.4 is 10.5 Å². The number of rotatable bonds is 6. The molecular weight excluding hydrogens is 307 g/mol. The zero-order valence-corrected chi connectivity index (χ0v) is 12.3. The van der Waals surface area contributed by atoms with Crippen molar-refractivity contribution in [3.63, 3.8) is 0 Å². The van der Waals surface area contributed by atoms with Crippen LogP contribution in [0.3, 0.4) is 0 Å². The van der Waals surface area contributed by atoms with Gasteiger partial charge in [-0.3, -0.25) is 0 Å². The minimum atomic E-state index is -4.38. The van der Waals surface area contributed by atoms with Gasteiger partial charge in [0.2, 0.25) is 0 Å². The Labute approximate surface area is 132 Å². The van der Waals surface area contributed by atoms with Gasteiger partial charge in [-0.2, -0.15) is 13.2 Å². The number of hydrogen-bond donors (Lipinski definition) is 2. The molecule has 0 heterocycles. The Hall–Kier alpha value is -2.05. The molecule has 0 aliphatic heterocycles. The van der Waals surface area contributed by atoms with Gasteiger partial charge < -0.3 is 15.6 Å². The summed E-state index contributed by atoms with van der Waals surface area (Å²) in [6, 6.07) is 13.3. The summed E-state index contributed by atoms with van der Waals surface area (Å²) < 4.78 is 43.5. The molecule has 3 N–H and O–H groups in total. The van der Waals surface area contributed by atoms with E-state index in [1.165, 1.54) is 12.1 Å². The minimum absolute atomic E-state index is 0.195. The number of ether oxygens (including phenoxy) is 1. The van der Waals surface area contributed by atoms with Gasteiger partial charge in [0.1, 0.15) is 11.9 Å². The fraction of sp³-hybridized carbons (Fsp3) is 0.294. The number of nitrogens with two attached hydrogens (primary N) is 1. The number of benzene rings is 2. The molecule has 2 atom stereocenters. The van der Waals surface area contributed by atoms with Crippen LogP contribution in [0.5, 0.6) is 5.75 Å². The summed E-state index contributed by atoms with van der Waals surface area (Å²) in [6.45, 7) is -0.195. The molecule has 124 valence electrons. The maximum Gasteiger partial charge on any atom is 0.416 e. The maximum atomic E-state index is 12.6. The zero-order valence-electron chi connectivity index (χ0n) is 12.3. The first-order valence-corrected chi connectivity index (χ1v) is 7.15. The molecular formula is C17H18F3NO2. The molecule has 0 aromatic heterocycles. The third kappa shape index (κ3) is 4.97. The Kier molecular flexibility index (Phi) is 5.63. The van der Waals surface area contributed by atoms with E-state index in [9.17, 15) is 13.2 Å². The van der Waals surface area contributed by atoms with Crippen molar-refractivity contribution < 1.29 is 23.0 Å². The molecule has 0 saturated heterocycles. The molecule has 2 rings (SSSR count). The lowest BCUT2D eigenvalue weighted by molar-refractivity contribution is -0.137. The lowest BCUT2D eigenvalue weighted by Gasteiger charge is -2.22. The van der Waals surface area contributed by atoms with Gasteiger partial charge in [-0.25, -0.2) is 0 Å². The maximum absolute atomic E-state index is 12.6. The Morgan fingerprint density at radius 2 is 1.61 bits per heavy atom. The summed E-state index contributed by atoms with van der Waals surface area (Å²) in [5, 5.41) is 9.12. The molecule has 0 aliphatic rings. The van der Waals surface area contributed by atoms with Crippen molar-refractivity contribution in [1.29, 1.82) is 0 Å². The highest BCUT2D eigenvalue weighted by Gasteiger charge is 2.30. The molecule has 0 bridgehead atoms. The van der Waals surface area contributed by atoms with Crippen molar-refractivity contribution in [2.45, 2.75) is 24.7 Å². The Balaban J connectivity index is 2.17. The number of alkyl halides is 3. The number of aliphatic hydroxyl groups is 1. The molecule has 3 nitrogen and oxygen atoms in total. The summed E-state index contributed by atoms with van der Waals surface area (Å²) in [5.41, 5.74) is 5.88. The van der Waals surface area contributed by atoms with Crippen LogP contribution >= 0.6 is 0 Å². The lowest BCUT2D eigenvalue weighted by Crippen LogP contribution is -2.28. The third-order valence-corrected chi connectivity index (χ3v) is 3.38. The van der Waals surface area contributed by atoms with Crippen molar-refractivity contribution in [2.24, 2.45) is 5.73 Å². The minimum Gasteiger partial charge on any atom is -0.486 e. The van der Waals surface area contributed by atoms with E-state index in [2.05, 4.69) is 0 Å². The van der Waals surface area contributed by atoms with E-state index in [1.54, 1.807) is 0 Å². The van der Waals surface area contributed by atoms with Gasteiger partial charge in [0.15, 0.2) is 0 Å². The first-order valence-electron chi connectivity index (χ1n) is 7.15. The van der Waals surface area contributed by atoms with Crippen molar-refractivity contribution in [2.75, 3.05) is 6.61 Å². The second-order valence-electron chi connectivity index (χ2n) is 5.22. The molecule has 0 amide bonds. The van der Waals surface area contributed by atoms with Crippen molar-refractivity contribution >= 4 is 0 Å². The average Bonchev–Trinajstić information content (AvgIpc) is 2.54. The second-order valence-corrected chi connectivity index (χ2v) is 5.22. The van der Waals surface area contributed by atoms with Crippen molar-refractivity contribution in [3.8, 4) is 5.75 Å². The van der Waals surface area contributed by atoms with Crippen LogP contribution in [0.15, 0.2) is 54.6 Å². The number of halogens is 3. The Morgan fingerprint density at radius 1 is 1.00 bits per heavy atom. The first-order chi connectivity index (χ1) is 10.9. The molecule has 0 fully saturated rings. The van der Waals surface area contributed by atoms with E-state index in [1.807, 2.05) is 30.3 Å². The second kappa shape index (κ2) is 7.48. The predicted octanol–water partition coefficient (Wildman–Crippen LogP) is 3.54. The fourth-order valence-corrected chi connectivity index (χ4v) is 2.16. The molecule has 2 aromatic rings. The summed E-state index contributed by atoms with van der Waals surface area (Å²) in [5.74, 6) is 0.317. The van der Waals surface area contributed by atoms with Gasteiger partial charge in [-0.1, -0.05) is 30.3 Å². The van der Waals surface area contributed by atoms with E-state index in [-0.39, 0.29) is 6.61 Å². The van der Waals surface area contributed by atoms with Gasteiger partial charge in [-0.05, 0) is 29.8 Å². The summed E-state index contributed by atoms with van der Waals surface area (Å²) in [6.07, 6.45) is -4.48. The smallest absolute Gasteiger partial charge is 0.416 e. The van der Waals surface area contributed by atoms with E-state index < -0.39 is 23.9 Å².